The number of anilines is 1. The van der Waals surface area contributed by atoms with Gasteiger partial charge in [-0.05, 0) is 36.8 Å². The van der Waals surface area contributed by atoms with Gasteiger partial charge in [0.2, 0.25) is 15.9 Å². The van der Waals surface area contributed by atoms with Crippen molar-refractivity contribution in [3.8, 4) is 0 Å². The van der Waals surface area contributed by atoms with Crippen molar-refractivity contribution in [2.75, 3.05) is 38.0 Å². The number of nitrogens with zero attached hydrogens (tertiary/aromatic N) is 2. The summed E-state index contributed by atoms with van der Waals surface area (Å²) in [5.74, 6) is -0.509. The van der Waals surface area contributed by atoms with Crippen LogP contribution in [0, 0.1) is 12.7 Å². The van der Waals surface area contributed by atoms with Crippen molar-refractivity contribution in [1.82, 2.24) is 9.21 Å². The van der Waals surface area contributed by atoms with Crippen LogP contribution in [-0.2, 0) is 14.8 Å². The number of nitrogens with one attached hydrogen (secondary N) is 1. The van der Waals surface area contributed by atoms with Gasteiger partial charge < -0.3 is 10.2 Å². The normalized spacial score (nSPS) is 15.6. The Morgan fingerprint density at radius 2 is 1.74 bits per heavy atom. The molecular formula is C19H22FN3O3S. The van der Waals surface area contributed by atoms with Crippen molar-refractivity contribution in [3.63, 3.8) is 0 Å². The average Bonchev–Trinajstić information content (AvgIpc) is 2.69. The zero-order chi connectivity index (χ0) is 19.4. The molecule has 0 spiro atoms. The van der Waals surface area contributed by atoms with Gasteiger partial charge in [-0.1, -0.05) is 24.3 Å². The Morgan fingerprint density at radius 3 is 2.41 bits per heavy atom. The first kappa shape index (κ1) is 19.3. The molecule has 1 aliphatic heterocycles. The highest BCUT2D eigenvalue weighted by molar-refractivity contribution is 7.89. The molecule has 0 radical (unpaired) electrons. The van der Waals surface area contributed by atoms with E-state index >= 15 is 0 Å². The fourth-order valence-corrected chi connectivity index (χ4v) is 4.43. The van der Waals surface area contributed by atoms with E-state index in [2.05, 4.69) is 5.32 Å². The first-order valence-electron chi connectivity index (χ1n) is 8.71. The largest absolute Gasteiger partial charge is 0.376 e. The van der Waals surface area contributed by atoms with Gasteiger partial charge in [0.25, 0.3) is 0 Å². The van der Waals surface area contributed by atoms with E-state index in [0.29, 0.717) is 18.8 Å². The van der Waals surface area contributed by atoms with Crippen molar-refractivity contribution in [3.05, 3.63) is 59.9 Å². The molecule has 0 bridgehead atoms. The summed E-state index contributed by atoms with van der Waals surface area (Å²) in [5, 5.41) is 2.96. The minimum atomic E-state index is -3.54. The van der Waals surface area contributed by atoms with Crippen LogP contribution in [-0.4, -0.2) is 56.3 Å². The minimum Gasteiger partial charge on any atom is -0.376 e. The number of piperazine rings is 1. The molecule has 3 rings (SSSR count). The van der Waals surface area contributed by atoms with Gasteiger partial charge in [0.1, 0.15) is 5.82 Å². The molecule has 2 aromatic carbocycles. The predicted octanol–water partition coefficient (Wildman–Crippen LogP) is 2.08. The maximum atomic E-state index is 13.3. The molecule has 0 aromatic heterocycles. The van der Waals surface area contributed by atoms with Crippen molar-refractivity contribution >= 4 is 21.6 Å². The van der Waals surface area contributed by atoms with Gasteiger partial charge in [0.05, 0.1) is 11.4 Å². The highest BCUT2D eigenvalue weighted by atomic mass is 32.2. The smallest absolute Gasteiger partial charge is 0.243 e. The monoisotopic (exact) mass is 391 g/mol. The van der Waals surface area contributed by atoms with Crippen molar-refractivity contribution in [1.29, 1.82) is 0 Å². The second kappa shape index (κ2) is 8.06. The van der Waals surface area contributed by atoms with Crippen LogP contribution in [0.2, 0.25) is 0 Å². The molecule has 144 valence electrons. The number of carbonyl (C=O) groups is 1. The van der Waals surface area contributed by atoms with Crippen LogP contribution < -0.4 is 5.32 Å². The average molecular weight is 391 g/mol. The molecule has 1 heterocycles. The van der Waals surface area contributed by atoms with Crippen molar-refractivity contribution < 1.29 is 17.6 Å². The highest BCUT2D eigenvalue weighted by Crippen LogP contribution is 2.18. The summed E-state index contributed by atoms with van der Waals surface area (Å²) in [6, 6.07) is 12.6. The number of aryl methyl sites for hydroxylation is 1. The molecule has 1 aliphatic rings. The number of benzene rings is 2. The fourth-order valence-electron chi connectivity index (χ4n) is 2.99. The number of rotatable bonds is 5. The molecular weight excluding hydrogens is 369 g/mol. The molecule has 2 aromatic rings. The van der Waals surface area contributed by atoms with E-state index in [1.54, 1.807) is 41.3 Å². The van der Waals surface area contributed by atoms with E-state index < -0.39 is 10.0 Å². The summed E-state index contributed by atoms with van der Waals surface area (Å²) in [5.41, 5.74) is 1.43. The summed E-state index contributed by atoms with van der Waals surface area (Å²) in [6.45, 7) is 3.03. The summed E-state index contributed by atoms with van der Waals surface area (Å²) >= 11 is 0. The Labute approximate surface area is 158 Å². The highest BCUT2D eigenvalue weighted by Gasteiger charge is 2.29. The predicted molar refractivity (Wildman–Crippen MR) is 101 cm³/mol. The summed E-state index contributed by atoms with van der Waals surface area (Å²) in [6.07, 6.45) is 0. The molecule has 1 amide bonds. The van der Waals surface area contributed by atoms with Gasteiger partial charge in [-0.15, -0.1) is 0 Å². The van der Waals surface area contributed by atoms with Crippen LogP contribution >= 0.6 is 0 Å². The summed E-state index contributed by atoms with van der Waals surface area (Å²) < 4.78 is 40.0. The zero-order valence-electron chi connectivity index (χ0n) is 15.1. The quantitative estimate of drug-likeness (QED) is 0.847. The SMILES string of the molecule is Cc1ccc(F)cc1NCC(=O)N1CCN(S(=O)(=O)c2ccccc2)CC1. The number of halogens is 1. The van der Waals surface area contributed by atoms with E-state index in [9.17, 15) is 17.6 Å². The maximum Gasteiger partial charge on any atom is 0.243 e. The van der Waals surface area contributed by atoms with Crippen LogP contribution in [0.4, 0.5) is 10.1 Å². The first-order valence-corrected chi connectivity index (χ1v) is 10.1. The van der Waals surface area contributed by atoms with Crippen LogP contribution in [0.25, 0.3) is 0 Å². The molecule has 1 N–H and O–H groups in total. The van der Waals surface area contributed by atoms with Crippen molar-refractivity contribution in [2.24, 2.45) is 0 Å². The molecule has 1 fully saturated rings. The molecule has 0 atom stereocenters. The Hall–Kier alpha value is -2.45. The summed E-state index contributed by atoms with van der Waals surface area (Å²) in [4.78, 5) is 14.3. The minimum absolute atomic E-state index is 0.0374. The molecule has 0 aliphatic carbocycles. The van der Waals surface area contributed by atoms with Crippen LogP contribution in [0.1, 0.15) is 5.56 Å². The van der Waals surface area contributed by atoms with E-state index in [1.165, 1.54) is 16.4 Å². The number of sulfonamides is 1. The topological polar surface area (TPSA) is 69.7 Å². The standard InChI is InChI=1S/C19H22FN3O3S/c1-15-7-8-16(20)13-18(15)21-14-19(24)22-9-11-23(12-10-22)27(25,26)17-5-3-2-4-6-17/h2-8,13,21H,9-12,14H2,1H3. The summed E-state index contributed by atoms with van der Waals surface area (Å²) in [7, 11) is -3.54. The van der Waals surface area contributed by atoms with Crippen LogP contribution in [0.5, 0.6) is 0 Å². The van der Waals surface area contributed by atoms with E-state index in [-0.39, 0.29) is 36.3 Å². The molecule has 6 nitrogen and oxygen atoms in total. The molecule has 0 unspecified atom stereocenters. The number of amides is 1. The van der Waals surface area contributed by atoms with Gasteiger partial charge >= 0.3 is 0 Å². The van der Waals surface area contributed by atoms with E-state index in [4.69, 9.17) is 0 Å². The first-order chi connectivity index (χ1) is 12.9. The third-order valence-electron chi connectivity index (χ3n) is 4.60. The lowest BCUT2D eigenvalue weighted by Crippen LogP contribution is -2.51. The number of carbonyl (C=O) groups excluding carboxylic acids is 1. The van der Waals surface area contributed by atoms with Crippen molar-refractivity contribution in [2.45, 2.75) is 11.8 Å². The lowest BCUT2D eigenvalue weighted by atomic mass is 10.2. The Kier molecular flexibility index (Phi) is 5.76. The van der Waals surface area contributed by atoms with Gasteiger partial charge in [-0.25, -0.2) is 12.8 Å². The van der Waals surface area contributed by atoms with Gasteiger partial charge in [-0.3, -0.25) is 4.79 Å². The molecule has 27 heavy (non-hydrogen) atoms. The molecule has 8 heteroatoms. The fraction of sp³-hybridized carbons (Fsp3) is 0.316. The van der Waals surface area contributed by atoms with Crippen LogP contribution in [0.3, 0.4) is 0 Å². The van der Waals surface area contributed by atoms with Gasteiger partial charge in [-0.2, -0.15) is 4.31 Å². The Bertz CT molecular complexity index is 911. The lowest BCUT2D eigenvalue weighted by Gasteiger charge is -2.34. The maximum absolute atomic E-state index is 13.3. The second-order valence-corrected chi connectivity index (χ2v) is 8.35. The third kappa shape index (κ3) is 4.45. The lowest BCUT2D eigenvalue weighted by molar-refractivity contribution is -0.130. The van der Waals surface area contributed by atoms with E-state index in [0.717, 1.165) is 5.56 Å². The molecule has 1 saturated heterocycles. The van der Waals surface area contributed by atoms with E-state index in [1.807, 2.05) is 6.92 Å². The number of hydrogen-bond donors (Lipinski definition) is 1. The molecule has 0 saturated carbocycles. The Morgan fingerprint density at radius 1 is 1.07 bits per heavy atom. The third-order valence-corrected chi connectivity index (χ3v) is 6.51. The van der Waals surface area contributed by atoms with Gasteiger partial charge in [0, 0.05) is 31.9 Å². The zero-order valence-corrected chi connectivity index (χ0v) is 15.9. The second-order valence-electron chi connectivity index (χ2n) is 6.41. The number of hydrogen-bond acceptors (Lipinski definition) is 4. The van der Waals surface area contributed by atoms with Gasteiger partial charge in [0.15, 0.2) is 0 Å². The Balaban J connectivity index is 1.56. The van der Waals surface area contributed by atoms with Crippen LogP contribution in [0.15, 0.2) is 53.4 Å².